The van der Waals surface area contributed by atoms with Gasteiger partial charge in [0.2, 0.25) is 0 Å². The lowest BCUT2D eigenvalue weighted by Crippen LogP contribution is -2.26. The summed E-state index contributed by atoms with van der Waals surface area (Å²) in [6, 6.07) is 48.9. The van der Waals surface area contributed by atoms with Crippen LogP contribution in [0, 0.1) is 6.92 Å². The molecule has 182 valence electrons. The topological polar surface area (TPSA) is 15.8 Å². The molecule has 0 fully saturated rings. The minimum absolute atomic E-state index is 0.370. The zero-order valence-electron chi connectivity index (χ0n) is 21.7. The molecular weight excluding hydrogens is 458 g/mol. The SMILES string of the molecule is Cc1ccc(-c2cc3ccc(C(C)(c4cccc5ccccc45)c4cccc5ccccc45)cc3[nH]2)cc1. The lowest BCUT2D eigenvalue weighted by atomic mass is 9.68. The van der Waals surface area contributed by atoms with Crippen LogP contribution < -0.4 is 0 Å². The quantitative estimate of drug-likeness (QED) is 0.238. The minimum atomic E-state index is -0.370. The molecule has 7 rings (SSSR count). The van der Waals surface area contributed by atoms with E-state index in [1.165, 1.54) is 54.7 Å². The van der Waals surface area contributed by atoms with Crippen LogP contribution >= 0.6 is 0 Å². The number of aromatic nitrogens is 1. The van der Waals surface area contributed by atoms with Gasteiger partial charge in [-0.05, 0) is 69.8 Å². The van der Waals surface area contributed by atoms with E-state index in [4.69, 9.17) is 0 Å². The van der Waals surface area contributed by atoms with Crippen molar-refractivity contribution < 1.29 is 0 Å². The van der Waals surface area contributed by atoms with Crippen LogP contribution in [0.5, 0.6) is 0 Å². The van der Waals surface area contributed by atoms with E-state index in [2.05, 4.69) is 152 Å². The normalized spacial score (nSPS) is 11.9. The molecule has 0 atom stereocenters. The summed E-state index contributed by atoms with van der Waals surface area (Å²) < 4.78 is 0. The Hall–Kier alpha value is -4.62. The van der Waals surface area contributed by atoms with Gasteiger partial charge in [-0.1, -0.05) is 127 Å². The molecule has 0 bridgehead atoms. The third-order valence-electron chi connectivity index (χ3n) is 8.22. The summed E-state index contributed by atoms with van der Waals surface area (Å²) in [5, 5.41) is 6.33. The van der Waals surface area contributed by atoms with Gasteiger partial charge in [-0.2, -0.15) is 0 Å². The van der Waals surface area contributed by atoms with Gasteiger partial charge < -0.3 is 4.98 Å². The predicted molar refractivity (Wildman–Crippen MR) is 162 cm³/mol. The molecule has 1 heterocycles. The van der Waals surface area contributed by atoms with Crippen LogP contribution in [0.1, 0.15) is 29.2 Å². The van der Waals surface area contributed by atoms with Crippen molar-refractivity contribution in [3.05, 3.63) is 156 Å². The first-order valence-electron chi connectivity index (χ1n) is 13.3. The van der Waals surface area contributed by atoms with Crippen molar-refractivity contribution in [2.75, 3.05) is 0 Å². The van der Waals surface area contributed by atoms with E-state index in [9.17, 15) is 0 Å². The highest BCUT2D eigenvalue weighted by Gasteiger charge is 2.34. The van der Waals surface area contributed by atoms with Gasteiger partial charge in [-0.15, -0.1) is 0 Å². The summed E-state index contributed by atoms with van der Waals surface area (Å²) in [6.07, 6.45) is 0. The van der Waals surface area contributed by atoms with Crippen molar-refractivity contribution in [3.63, 3.8) is 0 Å². The molecule has 0 aliphatic rings. The number of rotatable bonds is 4. The van der Waals surface area contributed by atoms with Crippen LogP contribution in [0.15, 0.2) is 133 Å². The highest BCUT2D eigenvalue weighted by Crippen LogP contribution is 2.45. The van der Waals surface area contributed by atoms with Gasteiger partial charge in [0.05, 0.1) is 0 Å². The maximum atomic E-state index is 3.72. The molecule has 7 aromatic rings. The lowest BCUT2D eigenvalue weighted by molar-refractivity contribution is 0.707. The number of benzene rings is 6. The van der Waals surface area contributed by atoms with Crippen molar-refractivity contribution >= 4 is 32.4 Å². The van der Waals surface area contributed by atoms with Gasteiger partial charge in [-0.25, -0.2) is 0 Å². The Morgan fingerprint density at radius 2 is 1.11 bits per heavy atom. The fourth-order valence-electron chi connectivity index (χ4n) is 6.11. The second-order valence-electron chi connectivity index (χ2n) is 10.5. The minimum Gasteiger partial charge on any atom is -0.355 e. The molecule has 38 heavy (non-hydrogen) atoms. The zero-order chi connectivity index (χ0) is 25.7. The summed E-state index contributed by atoms with van der Waals surface area (Å²) in [7, 11) is 0. The van der Waals surface area contributed by atoms with E-state index in [0.717, 1.165) is 11.2 Å². The number of nitrogens with one attached hydrogen (secondary N) is 1. The van der Waals surface area contributed by atoms with Crippen LogP contribution in [0.25, 0.3) is 43.7 Å². The van der Waals surface area contributed by atoms with E-state index in [1.807, 2.05) is 0 Å². The van der Waals surface area contributed by atoms with E-state index in [0.29, 0.717) is 0 Å². The molecule has 1 heteroatoms. The second kappa shape index (κ2) is 8.75. The molecule has 1 nitrogen and oxygen atoms in total. The summed E-state index contributed by atoms with van der Waals surface area (Å²) in [5.74, 6) is 0. The van der Waals surface area contributed by atoms with Gasteiger partial charge in [0.15, 0.2) is 0 Å². The van der Waals surface area contributed by atoms with Crippen LogP contribution in [0.3, 0.4) is 0 Å². The van der Waals surface area contributed by atoms with Crippen LogP contribution in [0.4, 0.5) is 0 Å². The van der Waals surface area contributed by atoms with Crippen molar-refractivity contribution in [2.45, 2.75) is 19.3 Å². The van der Waals surface area contributed by atoms with Crippen molar-refractivity contribution in [1.29, 1.82) is 0 Å². The first-order chi connectivity index (χ1) is 18.6. The molecule has 0 spiro atoms. The van der Waals surface area contributed by atoms with E-state index < -0.39 is 0 Å². The molecule has 0 aliphatic carbocycles. The van der Waals surface area contributed by atoms with Crippen molar-refractivity contribution in [2.24, 2.45) is 0 Å². The Bertz CT molecular complexity index is 1850. The fraction of sp³-hybridized carbons (Fsp3) is 0.0811. The zero-order valence-corrected chi connectivity index (χ0v) is 21.7. The largest absolute Gasteiger partial charge is 0.355 e. The highest BCUT2D eigenvalue weighted by molar-refractivity contribution is 5.93. The number of hydrogen-bond acceptors (Lipinski definition) is 0. The van der Waals surface area contributed by atoms with E-state index >= 15 is 0 Å². The highest BCUT2D eigenvalue weighted by atomic mass is 14.7. The molecule has 6 aromatic carbocycles. The third-order valence-corrected chi connectivity index (χ3v) is 8.22. The lowest BCUT2D eigenvalue weighted by Gasteiger charge is -2.34. The Labute approximate surface area is 223 Å². The number of fused-ring (bicyclic) bond motifs is 3. The second-order valence-corrected chi connectivity index (χ2v) is 10.5. The summed E-state index contributed by atoms with van der Waals surface area (Å²) >= 11 is 0. The number of aromatic amines is 1. The van der Waals surface area contributed by atoms with Gasteiger partial charge in [0, 0.05) is 22.0 Å². The Morgan fingerprint density at radius 3 is 1.74 bits per heavy atom. The van der Waals surface area contributed by atoms with Crippen LogP contribution in [-0.4, -0.2) is 4.98 Å². The Kier molecular flexibility index (Phi) is 5.19. The first kappa shape index (κ1) is 22.6. The maximum absolute atomic E-state index is 3.72. The monoisotopic (exact) mass is 487 g/mol. The number of H-pyrrole nitrogens is 1. The van der Waals surface area contributed by atoms with Gasteiger partial charge in [0.25, 0.3) is 0 Å². The average molecular weight is 488 g/mol. The standard InChI is InChI=1S/C37H29N/c1-25-17-19-28(20-18-25)35-23-29-21-22-30(24-36(29)38-35)37(2,33-15-7-11-26-9-3-5-13-31(26)33)34-16-8-12-27-10-4-6-14-32(27)34/h3-24,38H,1-2H3. The molecule has 0 aliphatic heterocycles. The van der Waals surface area contributed by atoms with Gasteiger partial charge in [0.1, 0.15) is 0 Å². The maximum Gasteiger partial charge on any atom is 0.0464 e. The Morgan fingerprint density at radius 1 is 0.526 bits per heavy atom. The smallest absolute Gasteiger partial charge is 0.0464 e. The fourth-order valence-corrected chi connectivity index (χ4v) is 6.11. The molecular formula is C37H29N. The summed E-state index contributed by atoms with van der Waals surface area (Å²) in [6.45, 7) is 4.52. The third kappa shape index (κ3) is 3.55. The Balaban J connectivity index is 1.51. The molecule has 0 radical (unpaired) electrons. The molecule has 0 saturated heterocycles. The van der Waals surface area contributed by atoms with Crippen LogP contribution in [0.2, 0.25) is 0 Å². The molecule has 1 aromatic heterocycles. The predicted octanol–water partition coefficient (Wildman–Crippen LogP) is 9.80. The van der Waals surface area contributed by atoms with Gasteiger partial charge in [-0.3, -0.25) is 0 Å². The molecule has 1 N–H and O–H groups in total. The first-order valence-corrected chi connectivity index (χ1v) is 13.3. The van der Waals surface area contributed by atoms with Gasteiger partial charge >= 0.3 is 0 Å². The van der Waals surface area contributed by atoms with E-state index in [1.54, 1.807) is 0 Å². The number of hydrogen-bond donors (Lipinski definition) is 1. The molecule has 0 unspecified atom stereocenters. The molecule has 0 saturated carbocycles. The summed E-state index contributed by atoms with van der Waals surface area (Å²) in [5.41, 5.74) is 8.32. The van der Waals surface area contributed by atoms with E-state index in [-0.39, 0.29) is 5.41 Å². The molecule has 0 amide bonds. The average Bonchev–Trinajstić information content (AvgIpc) is 3.40. The van der Waals surface area contributed by atoms with Crippen molar-refractivity contribution in [1.82, 2.24) is 4.98 Å². The number of aryl methyl sites for hydroxylation is 1. The summed E-state index contributed by atoms with van der Waals surface area (Å²) in [4.78, 5) is 3.72. The van der Waals surface area contributed by atoms with Crippen molar-refractivity contribution in [3.8, 4) is 11.3 Å². The van der Waals surface area contributed by atoms with Crippen LogP contribution in [-0.2, 0) is 5.41 Å².